The first-order valence-corrected chi connectivity index (χ1v) is 4.15. The Hall–Kier alpha value is 0.690. The van der Waals surface area contributed by atoms with Crippen LogP contribution in [0, 0.1) is 0 Å². The highest BCUT2D eigenvalue weighted by Gasteiger charge is 1.79. The minimum Gasteiger partial charge on any atom is -0.320 e. The van der Waals surface area contributed by atoms with E-state index in [0.29, 0.717) is 0 Å². The van der Waals surface area contributed by atoms with Crippen LogP contribution in [0.1, 0.15) is 12.8 Å². The van der Waals surface area contributed by atoms with Crippen LogP contribution in [0.15, 0.2) is 0 Å². The lowest BCUT2D eigenvalue weighted by Crippen LogP contribution is -2.06. The first-order chi connectivity index (χ1) is 3.41. The van der Waals surface area contributed by atoms with Gasteiger partial charge in [0.25, 0.3) is 0 Å². The first-order valence-electron chi connectivity index (χ1n) is 2.62. The Morgan fingerprint density at radius 3 is 2.57 bits per heavy atom. The van der Waals surface area contributed by atoms with E-state index in [0.717, 1.165) is 0 Å². The first kappa shape index (κ1) is 7.69. The fraction of sp³-hybridized carbons (Fsp3) is 1.00. The third-order valence-electron chi connectivity index (χ3n) is 0.810. The second-order valence-corrected chi connectivity index (χ2v) is 2.58. The molecule has 0 radical (unpaired) electrons. The second-order valence-electron chi connectivity index (χ2n) is 1.50. The van der Waals surface area contributed by atoms with Crippen molar-refractivity contribution < 1.29 is 0 Å². The van der Waals surface area contributed by atoms with E-state index in [1.807, 2.05) is 7.05 Å². The fourth-order valence-electron chi connectivity index (χ4n) is 0.396. The zero-order valence-corrected chi connectivity index (χ0v) is 6.86. The lowest BCUT2D eigenvalue weighted by molar-refractivity contribution is 0.718. The number of nitrogens with one attached hydrogen (secondary N) is 1. The lowest BCUT2D eigenvalue weighted by atomic mass is 10.3. The molecule has 0 saturated heterocycles. The summed E-state index contributed by atoms with van der Waals surface area (Å²) in [6.45, 7) is 1.17. The van der Waals surface area contributed by atoms with Gasteiger partial charge in [-0.2, -0.15) is 0 Å². The molecule has 0 aromatic carbocycles. The van der Waals surface area contributed by atoms with Crippen LogP contribution in [0.5, 0.6) is 0 Å². The maximum Gasteiger partial charge on any atom is -0.000426 e. The Labute approximate surface area is 59.0 Å². The third-order valence-corrected chi connectivity index (χ3v) is 1.57. The van der Waals surface area contributed by atoms with E-state index in [2.05, 4.69) is 27.9 Å². The van der Waals surface area contributed by atoms with E-state index in [1.54, 1.807) is 0 Å². The molecule has 0 rings (SSSR count). The molecule has 44 valence electrons. The number of hydrogen-bond acceptors (Lipinski definition) is 1. The molecule has 2 heteroatoms. The van der Waals surface area contributed by atoms with Crippen LogP contribution in [0.4, 0.5) is 0 Å². The highest BCUT2D eigenvalue weighted by molar-refractivity contribution is 14.1. The number of hydrogen-bond donors (Lipinski definition) is 1. The van der Waals surface area contributed by atoms with Gasteiger partial charge in [-0.05, 0) is 30.9 Å². The molecule has 0 aliphatic carbocycles. The molecule has 0 bridgehead atoms. The van der Waals surface area contributed by atoms with Crippen LogP contribution in [0.3, 0.4) is 0 Å². The summed E-state index contributed by atoms with van der Waals surface area (Å²) in [6, 6.07) is 0. The van der Waals surface area contributed by atoms with Gasteiger partial charge in [-0.15, -0.1) is 0 Å². The maximum atomic E-state index is 3.10. The Kier molecular flexibility index (Phi) is 7.35. The summed E-state index contributed by atoms with van der Waals surface area (Å²) in [4.78, 5) is 0. The molecule has 0 atom stereocenters. The topological polar surface area (TPSA) is 12.0 Å². The summed E-state index contributed by atoms with van der Waals surface area (Å²) in [5.41, 5.74) is 0. The van der Waals surface area contributed by atoms with E-state index in [1.165, 1.54) is 23.8 Å². The van der Waals surface area contributed by atoms with Crippen LogP contribution in [0.2, 0.25) is 0 Å². The summed E-state index contributed by atoms with van der Waals surface area (Å²) in [6.07, 6.45) is 2.67. The van der Waals surface area contributed by atoms with Gasteiger partial charge in [0.1, 0.15) is 0 Å². The van der Waals surface area contributed by atoms with Crippen molar-refractivity contribution in [2.45, 2.75) is 12.8 Å². The molecule has 7 heavy (non-hydrogen) atoms. The van der Waals surface area contributed by atoms with E-state index in [9.17, 15) is 0 Å². The molecular weight excluding hydrogens is 201 g/mol. The normalized spacial score (nSPS) is 9.43. The quantitative estimate of drug-likeness (QED) is 0.423. The number of unbranched alkanes of at least 4 members (excludes halogenated alkanes) is 1. The molecule has 1 nitrogen and oxygen atoms in total. The summed E-state index contributed by atoms with van der Waals surface area (Å²) < 4.78 is 1.29. The Morgan fingerprint density at radius 2 is 2.14 bits per heavy atom. The standard InChI is InChI=1S/C5H12IN/c1-7-5-3-2-4-6/h7H,2-5H2,1H3. The maximum absolute atomic E-state index is 3.10. The summed E-state index contributed by atoms with van der Waals surface area (Å²) in [5.74, 6) is 0. The highest BCUT2D eigenvalue weighted by atomic mass is 127. The Balaban J connectivity index is 2.45. The van der Waals surface area contributed by atoms with Crippen molar-refractivity contribution >= 4 is 22.6 Å². The van der Waals surface area contributed by atoms with Crippen molar-refractivity contribution in [3.63, 3.8) is 0 Å². The lowest BCUT2D eigenvalue weighted by Gasteiger charge is -1.92. The molecule has 0 aliphatic heterocycles. The van der Waals surface area contributed by atoms with E-state index in [-0.39, 0.29) is 0 Å². The minimum absolute atomic E-state index is 1.17. The SMILES string of the molecule is CNCCCCI. The van der Waals surface area contributed by atoms with Gasteiger partial charge in [-0.1, -0.05) is 22.6 Å². The Bertz CT molecular complexity index is 27.3. The third kappa shape index (κ3) is 6.69. The van der Waals surface area contributed by atoms with Gasteiger partial charge in [0.2, 0.25) is 0 Å². The van der Waals surface area contributed by atoms with Gasteiger partial charge in [-0.25, -0.2) is 0 Å². The molecule has 0 unspecified atom stereocenters. The minimum atomic E-state index is 1.17. The smallest absolute Gasteiger partial charge is 0.000426 e. The summed E-state index contributed by atoms with van der Waals surface area (Å²) >= 11 is 2.40. The molecule has 0 saturated carbocycles. The Morgan fingerprint density at radius 1 is 1.43 bits per heavy atom. The monoisotopic (exact) mass is 213 g/mol. The summed E-state index contributed by atoms with van der Waals surface area (Å²) in [7, 11) is 1.99. The molecule has 0 spiro atoms. The molecule has 0 amide bonds. The predicted octanol–water partition coefficient (Wildman–Crippen LogP) is 1.42. The fourth-order valence-corrected chi connectivity index (χ4v) is 0.936. The van der Waals surface area contributed by atoms with Crippen LogP contribution in [-0.2, 0) is 0 Å². The molecule has 1 N–H and O–H groups in total. The van der Waals surface area contributed by atoms with Crippen LogP contribution in [-0.4, -0.2) is 18.0 Å². The molecular formula is C5H12IN. The average molecular weight is 213 g/mol. The second kappa shape index (κ2) is 6.69. The van der Waals surface area contributed by atoms with Gasteiger partial charge in [-0.3, -0.25) is 0 Å². The van der Waals surface area contributed by atoms with Crippen molar-refractivity contribution in [1.29, 1.82) is 0 Å². The zero-order chi connectivity index (χ0) is 5.54. The van der Waals surface area contributed by atoms with E-state index >= 15 is 0 Å². The number of halogens is 1. The molecule has 0 aliphatic rings. The largest absolute Gasteiger partial charge is 0.320 e. The van der Waals surface area contributed by atoms with Gasteiger partial charge in [0, 0.05) is 0 Å². The van der Waals surface area contributed by atoms with Crippen molar-refractivity contribution in [3.8, 4) is 0 Å². The molecule has 0 aromatic rings. The predicted molar refractivity (Wildman–Crippen MR) is 42.0 cm³/mol. The van der Waals surface area contributed by atoms with Gasteiger partial charge >= 0.3 is 0 Å². The zero-order valence-electron chi connectivity index (χ0n) is 4.71. The number of rotatable bonds is 4. The average Bonchev–Trinajstić information content (AvgIpc) is 1.69. The van der Waals surface area contributed by atoms with Crippen molar-refractivity contribution in [2.75, 3.05) is 18.0 Å². The van der Waals surface area contributed by atoms with E-state index in [4.69, 9.17) is 0 Å². The molecule has 0 aromatic heterocycles. The van der Waals surface area contributed by atoms with Gasteiger partial charge < -0.3 is 5.32 Å². The van der Waals surface area contributed by atoms with Crippen molar-refractivity contribution in [2.24, 2.45) is 0 Å². The van der Waals surface area contributed by atoms with Crippen LogP contribution >= 0.6 is 22.6 Å². The highest BCUT2D eigenvalue weighted by Crippen LogP contribution is 1.91. The van der Waals surface area contributed by atoms with Crippen LogP contribution in [0.25, 0.3) is 0 Å². The molecule has 0 heterocycles. The van der Waals surface area contributed by atoms with Gasteiger partial charge in [0.05, 0.1) is 0 Å². The molecule has 0 fully saturated rings. The van der Waals surface area contributed by atoms with Crippen LogP contribution < -0.4 is 5.32 Å². The van der Waals surface area contributed by atoms with Crippen molar-refractivity contribution in [3.05, 3.63) is 0 Å². The number of alkyl halides is 1. The summed E-state index contributed by atoms with van der Waals surface area (Å²) in [5, 5.41) is 3.10. The van der Waals surface area contributed by atoms with E-state index < -0.39 is 0 Å². The van der Waals surface area contributed by atoms with Crippen molar-refractivity contribution in [1.82, 2.24) is 5.32 Å². The van der Waals surface area contributed by atoms with Gasteiger partial charge in [0.15, 0.2) is 0 Å².